The van der Waals surface area contributed by atoms with E-state index in [4.69, 9.17) is 10.5 Å². The molecule has 2 N–H and O–H groups in total. The van der Waals surface area contributed by atoms with Crippen LogP contribution in [-0.4, -0.2) is 17.8 Å². The molecular weight excluding hydrogens is 471 g/mol. The summed E-state index contributed by atoms with van der Waals surface area (Å²) in [5.74, 6) is -2.17. The molecule has 7 heteroatoms. The van der Waals surface area contributed by atoms with E-state index in [9.17, 15) is 18.8 Å². The van der Waals surface area contributed by atoms with Crippen LogP contribution in [0.5, 0.6) is 5.75 Å². The monoisotopic (exact) mass is 502 g/mol. The molecule has 2 amide bonds. The summed E-state index contributed by atoms with van der Waals surface area (Å²) in [4.78, 5) is 40.8. The number of nitrogens with zero attached hydrogens (tertiary/aromatic N) is 1. The van der Waals surface area contributed by atoms with Gasteiger partial charge in [-0.3, -0.25) is 19.3 Å². The van der Waals surface area contributed by atoms with E-state index in [-0.39, 0.29) is 22.9 Å². The minimum Gasteiger partial charge on any atom is -0.427 e. The number of esters is 1. The predicted molar refractivity (Wildman–Crippen MR) is 140 cm³/mol. The lowest BCUT2D eigenvalue weighted by molar-refractivity contribution is -0.132. The number of halogens is 1. The molecule has 0 aromatic heterocycles. The Kier molecular flexibility index (Phi) is 7.71. The van der Waals surface area contributed by atoms with Crippen molar-refractivity contribution >= 4 is 23.5 Å². The van der Waals surface area contributed by atoms with Gasteiger partial charge in [0.1, 0.15) is 11.6 Å². The minimum absolute atomic E-state index is 0.238. The van der Waals surface area contributed by atoms with Crippen LogP contribution in [0.4, 0.5) is 10.1 Å². The number of ether oxygens (including phenoxy) is 1. The van der Waals surface area contributed by atoms with Crippen LogP contribution in [0, 0.1) is 18.7 Å². The lowest BCUT2D eigenvalue weighted by atomic mass is 9.68. The maximum absolute atomic E-state index is 14.6. The molecule has 1 fully saturated rings. The van der Waals surface area contributed by atoms with Crippen LogP contribution < -0.4 is 15.4 Å². The van der Waals surface area contributed by atoms with Crippen molar-refractivity contribution in [2.24, 2.45) is 11.7 Å². The minimum atomic E-state index is -1.55. The summed E-state index contributed by atoms with van der Waals surface area (Å²) < 4.78 is 19.7. The predicted octanol–water partition coefficient (Wildman–Crippen LogP) is 5.67. The molecule has 1 unspecified atom stereocenters. The summed E-state index contributed by atoms with van der Waals surface area (Å²) in [6, 6.07) is 19.2. The number of rotatable bonds is 7. The first-order valence-corrected chi connectivity index (χ1v) is 12.5. The van der Waals surface area contributed by atoms with Crippen molar-refractivity contribution in [3.63, 3.8) is 0 Å². The van der Waals surface area contributed by atoms with Crippen molar-refractivity contribution in [1.82, 2.24) is 0 Å². The zero-order valence-corrected chi connectivity index (χ0v) is 21.1. The Morgan fingerprint density at radius 3 is 2.22 bits per heavy atom. The molecule has 6 nitrogen and oxygen atoms in total. The average Bonchev–Trinajstić information content (AvgIpc) is 2.88. The summed E-state index contributed by atoms with van der Waals surface area (Å²) in [6.45, 7) is 3.18. The third-order valence-electron chi connectivity index (χ3n) is 7.11. The zero-order chi connectivity index (χ0) is 26.6. The summed E-state index contributed by atoms with van der Waals surface area (Å²) >= 11 is 0. The smallest absolute Gasteiger partial charge is 0.308 e. The average molecular weight is 503 g/mol. The van der Waals surface area contributed by atoms with Crippen LogP contribution >= 0.6 is 0 Å². The van der Waals surface area contributed by atoms with E-state index in [2.05, 4.69) is 0 Å². The Balaban J connectivity index is 1.98. The summed E-state index contributed by atoms with van der Waals surface area (Å²) in [7, 11) is 0. The van der Waals surface area contributed by atoms with Crippen molar-refractivity contribution in [3.05, 3.63) is 95.3 Å². The number of aryl methyl sites for hydroxylation is 1. The van der Waals surface area contributed by atoms with Crippen molar-refractivity contribution in [2.75, 3.05) is 4.90 Å². The highest BCUT2D eigenvalue weighted by atomic mass is 19.1. The molecular formula is C30H31FN2O4. The Labute approximate surface area is 216 Å². The number of hydrogen-bond acceptors (Lipinski definition) is 4. The van der Waals surface area contributed by atoms with Crippen molar-refractivity contribution < 1.29 is 23.5 Å². The first kappa shape index (κ1) is 26.1. The summed E-state index contributed by atoms with van der Waals surface area (Å²) in [5, 5.41) is 0. The molecule has 0 bridgehead atoms. The van der Waals surface area contributed by atoms with Crippen LogP contribution in [0.1, 0.15) is 60.5 Å². The number of primary amides is 1. The lowest BCUT2D eigenvalue weighted by Crippen LogP contribution is -2.62. The highest BCUT2D eigenvalue weighted by molar-refractivity contribution is 6.12. The second kappa shape index (κ2) is 10.9. The van der Waals surface area contributed by atoms with Gasteiger partial charge in [-0.05, 0) is 79.3 Å². The number of carbonyl (C=O) groups excluding carboxylic acids is 3. The van der Waals surface area contributed by atoms with Crippen LogP contribution in [0.25, 0.3) is 0 Å². The number of amides is 2. The van der Waals surface area contributed by atoms with Crippen LogP contribution in [0.15, 0.2) is 72.8 Å². The standard InChI is InChI=1S/C30H31FN2O4/c1-20-9-6-7-14-27(20)30(29(32)36,23-10-4-3-5-11-23)33(25-13-8-12-24(31)19-25)28(35)22-15-17-26(18-16-22)37-21(2)34/h6-9,12-19,23H,3-5,10-11H2,1-2H3,(H2,32,36). The van der Waals surface area contributed by atoms with Gasteiger partial charge >= 0.3 is 5.97 Å². The molecule has 1 aliphatic rings. The van der Waals surface area contributed by atoms with E-state index >= 15 is 0 Å². The normalized spacial score (nSPS) is 15.4. The number of benzene rings is 3. The van der Waals surface area contributed by atoms with Crippen LogP contribution in [0.3, 0.4) is 0 Å². The molecule has 1 atom stereocenters. The second-order valence-electron chi connectivity index (χ2n) is 9.52. The molecule has 192 valence electrons. The number of nitrogens with two attached hydrogens (primary N) is 1. The van der Waals surface area contributed by atoms with Gasteiger partial charge in [-0.2, -0.15) is 0 Å². The van der Waals surface area contributed by atoms with Gasteiger partial charge in [0, 0.05) is 18.2 Å². The maximum Gasteiger partial charge on any atom is 0.308 e. The first-order chi connectivity index (χ1) is 17.7. The molecule has 1 aliphatic carbocycles. The van der Waals surface area contributed by atoms with Gasteiger partial charge in [-0.25, -0.2) is 4.39 Å². The zero-order valence-electron chi connectivity index (χ0n) is 21.1. The molecule has 3 aromatic carbocycles. The molecule has 0 aliphatic heterocycles. The van der Waals surface area contributed by atoms with E-state index < -0.39 is 29.1 Å². The van der Waals surface area contributed by atoms with Gasteiger partial charge in [-0.1, -0.05) is 49.6 Å². The molecule has 37 heavy (non-hydrogen) atoms. The van der Waals surface area contributed by atoms with E-state index in [1.807, 2.05) is 31.2 Å². The fourth-order valence-corrected chi connectivity index (χ4v) is 5.54. The summed E-state index contributed by atoms with van der Waals surface area (Å²) in [5.41, 5.74) is 6.66. The molecule has 3 aromatic rings. The van der Waals surface area contributed by atoms with Crippen LogP contribution in [-0.2, 0) is 15.1 Å². The van der Waals surface area contributed by atoms with Crippen molar-refractivity contribution in [2.45, 2.75) is 51.5 Å². The fraction of sp³-hybridized carbons (Fsp3) is 0.300. The molecule has 4 rings (SSSR count). The maximum atomic E-state index is 14.6. The highest BCUT2D eigenvalue weighted by Gasteiger charge is 2.54. The Morgan fingerprint density at radius 1 is 0.946 bits per heavy atom. The number of anilines is 1. The van der Waals surface area contributed by atoms with E-state index in [1.165, 1.54) is 54.3 Å². The molecule has 0 heterocycles. The van der Waals surface area contributed by atoms with E-state index in [0.29, 0.717) is 18.4 Å². The fourth-order valence-electron chi connectivity index (χ4n) is 5.54. The Hall–Kier alpha value is -4.00. The van der Waals surface area contributed by atoms with Gasteiger partial charge in [0.25, 0.3) is 5.91 Å². The van der Waals surface area contributed by atoms with Gasteiger partial charge < -0.3 is 10.5 Å². The van der Waals surface area contributed by atoms with Gasteiger partial charge in [-0.15, -0.1) is 0 Å². The molecule has 1 saturated carbocycles. The Morgan fingerprint density at radius 2 is 1.62 bits per heavy atom. The third-order valence-corrected chi connectivity index (χ3v) is 7.11. The molecule has 0 saturated heterocycles. The van der Waals surface area contributed by atoms with Gasteiger partial charge in [0.05, 0.1) is 0 Å². The van der Waals surface area contributed by atoms with Crippen molar-refractivity contribution in [1.29, 1.82) is 0 Å². The van der Waals surface area contributed by atoms with Crippen LogP contribution in [0.2, 0.25) is 0 Å². The second-order valence-corrected chi connectivity index (χ2v) is 9.52. The van der Waals surface area contributed by atoms with E-state index in [0.717, 1.165) is 24.8 Å². The third kappa shape index (κ3) is 5.12. The largest absolute Gasteiger partial charge is 0.427 e. The summed E-state index contributed by atoms with van der Waals surface area (Å²) in [6.07, 6.45) is 4.22. The van der Waals surface area contributed by atoms with Gasteiger partial charge in [0.2, 0.25) is 5.91 Å². The SMILES string of the molecule is CC(=O)Oc1ccc(C(=O)N(c2cccc(F)c2)C(C(N)=O)(c2ccccc2C)C2CCCCC2)cc1. The van der Waals surface area contributed by atoms with Crippen molar-refractivity contribution in [3.8, 4) is 5.75 Å². The topological polar surface area (TPSA) is 89.7 Å². The number of hydrogen-bond donors (Lipinski definition) is 1. The molecule has 0 radical (unpaired) electrons. The molecule has 0 spiro atoms. The first-order valence-electron chi connectivity index (χ1n) is 12.5. The van der Waals surface area contributed by atoms with E-state index in [1.54, 1.807) is 6.07 Å². The van der Waals surface area contributed by atoms with Gasteiger partial charge in [0.15, 0.2) is 5.54 Å². The quantitative estimate of drug-likeness (QED) is 0.333. The highest BCUT2D eigenvalue weighted by Crippen LogP contribution is 2.47. The Bertz CT molecular complexity index is 1300. The number of carbonyl (C=O) groups is 3. The lowest BCUT2D eigenvalue weighted by Gasteiger charge is -2.48.